The van der Waals surface area contributed by atoms with E-state index in [2.05, 4.69) is 6.92 Å². The minimum Gasteiger partial charge on any atom is -0.504 e. The summed E-state index contributed by atoms with van der Waals surface area (Å²) >= 11 is 0. The Morgan fingerprint density at radius 2 is 1.88 bits per heavy atom. The molecule has 0 bridgehead atoms. The summed E-state index contributed by atoms with van der Waals surface area (Å²) < 4.78 is 16.8. The van der Waals surface area contributed by atoms with Crippen LogP contribution in [0, 0.1) is 0 Å². The first kappa shape index (κ1) is 16.9. The highest BCUT2D eigenvalue weighted by Crippen LogP contribution is 2.51. The summed E-state index contributed by atoms with van der Waals surface area (Å²) in [6, 6.07) is 9.04. The van der Waals surface area contributed by atoms with E-state index in [-0.39, 0.29) is 17.8 Å². The Kier molecular flexibility index (Phi) is 4.65. The van der Waals surface area contributed by atoms with Crippen LogP contribution in [-0.2, 0) is 4.79 Å². The summed E-state index contributed by atoms with van der Waals surface area (Å²) in [5.41, 5.74) is 2.80. The number of fused-ring (bicyclic) bond motifs is 1. The average Bonchev–Trinajstić information content (AvgIpc) is 2.96. The van der Waals surface area contributed by atoms with Crippen LogP contribution in [0.5, 0.6) is 23.0 Å². The number of phenols is 1. The Hall–Kier alpha value is -2.95. The fourth-order valence-electron chi connectivity index (χ4n) is 3.13. The summed E-state index contributed by atoms with van der Waals surface area (Å²) in [6.45, 7) is 2.07. The van der Waals surface area contributed by atoms with E-state index >= 15 is 0 Å². The lowest BCUT2D eigenvalue weighted by atomic mass is 9.91. The van der Waals surface area contributed by atoms with Gasteiger partial charge in [-0.1, -0.05) is 19.1 Å². The molecule has 2 unspecified atom stereocenters. The zero-order chi connectivity index (χ0) is 18.0. The van der Waals surface area contributed by atoms with Gasteiger partial charge in [0.05, 0.1) is 14.2 Å². The van der Waals surface area contributed by atoms with Crippen LogP contribution in [0.4, 0.5) is 0 Å². The fourth-order valence-corrected chi connectivity index (χ4v) is 3.13. The van der Waals surface area contributed by atoms with Gasteiger partial charge in [-0.05, 0) is 41.5 Å². The Morgan fingerprint density at radius 3 is 2.56 bits per heavy atom. The van der Waals surface area contributed by atoms with Gasteiger partial charge in [0, 0.05) is 11.5 Å². The van der Waals surface area contributed by atoms with Gasteiger partial charge < -0.3 is 19.3 Å². The van der Waals surface area contributed by atoms with Crippen molar-refractivity contribution < 1.29 is 24.1 Å². The van der Waals surface area contributed by atoms with Crippen LogP contribution in [0.2, 0.25) is 0 Å². The van der Waals surface area contributed by atoms with Crippen molar-refractivity contribution in [3.8, 4) is 23.0 Å². The number of benzene rings is 2. The maximum Gasteiger partial charge on any atom is 0.165 e. The van der Waals surface area contributed by atoms with Crippen molar-refractivity contribution in [1.29, 1.82) is 0 Å². The van der Waals surface area contributed by atoms with E-state index in [1.165, 1.54) is 13.2 Å². The van der Waals surface area contributed by atoms with Crippen LogP contribution in [0.1, 0.15) is 35.6 Å². The van der Waals surface area contributed by atoms with Crippen LogP contribution < -0.4 is 14.2 Å². The van der Waals surface area contributed by atoms with Crippen LogP contribution in [0.25, 0.3) is 6.08 Å². The van der Waals surface area contributed by atoms with Crippen molar-refractivity contribution in [3.63, 3.8) is 0 Å². The standard InChI is InChI=1S/C20H20O5/c1-12-15-9-13(5-4-8-21)10-18(24-3)20(15)25-19(12)14-6-7-16(22)17(11-14)23-2/h4-12,19,22H,1-3H3/b5-4+. The third-order valence-electron chi connectivity index (χ3n) is 4.41. The summed E-state index contributed by atoms with van der Waals surface area (Å²) in [7, 11) is 3.11. The van der Waals surface area contributed by atoms with Gasteiger partial charge in [-0.25, -0.2) is 0 Å². The molecule has 0 fully saturated rings. The number of carbonyl (C=O) groups excluding carboxylic acids is 1. The smallest absolute Gasteiger partial charge is 0.165 e. The van der Waals surface area contributed by atoms with Crippen molar-refractivity contribution in [3.05, 3.63) is 53.1 Å². The lowest BCUT2D eigenvalue weighted by molar-refractivity contribution is -0.104. The Bertz CT molecular complexity index is 825. The van der Waals surface area contributed by atoms with Gasteiger partial charge >= 0.3 is 0 Å². The highest BCUT2D eigenvalue weighted by Gasteiger charge is 2.35. The van der Waals surface area contributed by atoms with Crippen molar-refractivity contribution >= 4 is 12.4 Å². The molecule has 1 aliphatic rings. The topological polar surface area (TPSA) is 65.0 Å². The second-order valence-electron chi connectivity index (χ2n) is 5.90. The summed E-state index contributed by atoms with van der Waals surface area (Å²) in [4.78, 5) is 10.6. The van der Waals surface area contributed by atoms with Crippen LogP contribution in [-0.4, -0.2) is 25.6 Å². The molecule has 0 saturated carbocycles. The van der Waals surface area contributed by atoms with Crippen LogP contribution in [0.3, 0.4) is 0 Å². The molecule has 2 aromatic rings. The number of ether oxygens (including phenoxy) is 3. The molecule has 2 aromatic carbocycles. The monoisotopic (exact) mass is 340 g/mol. The van der Waals surface area contributed by atoms with Gasteiger partial charge in [0.1, 0.15) is 12.4 Å². The van der Waals surface area contributed by atoms with E-state index in [9.17, 15) is 9.90 Å². The summed E-state index contributed by atoms with van der Waals surface area (Å²) in [5.74, 6) is 1.90. The predicted molar refractivity (Wildman–Crippen MR) is 94.5 cm³/mol. The van der Waals surface area contributed by atoms with E-state index in [1.54, 1.807) is 25.3 Å². The van der Waals surface area contributed by atoms with E-state index in [4.69, 9.17) is 14.2 Å². The third kappa shape index (κ3) is 3.05. The second-order valence-corrected chi connectivity index (χ2v) is 5.90. The minimum absolute atomic E-state index is 0.0720. The number of allylic oxidation sites excluding steroid dienone is 1. The minimum atomic E-state index is -0.219. The van der Waals surface area contributed by atoms with Gasteiger partial charge in [-0.3, -0.25) is 4.79 Å². The van der Waals surface area contributed by atoms with Crippen LogP contribution >= 0.6 is 0 Å². The predicted octanol–water partition coefficient (Wildman–Crippen LogP) is 3.86. The molecule has 25 heavy (non-hydrogen) atoms. The first-order valence-corrected chi connectivity index (χ1v) is 7.96. The van der Waals surface area contributed by atoms with E-state index in [0.717, 1.165) is 23.0 Å². The highest BCUT2D eigenvalue weighted by molar-refractivity contribution is 5.75. The number of carbonyl (C=O) groups is 1. The molecule has 5 nitrogen and oxygen atoms in total. The Morgan fingerprint density at radius 1 is 1.12 bits per heavy atom. The number of aldehydes is 1. The lowest BCUT2D eigenvalue weighted by Crippen LogP contribution is -2.07. The molecule has 0 aromatic heterocycles. The number of rotatable bonds is 5. The summed E-state index contributed by atoms with van der Waals surface area (Å²) in [5, 5.41) is 9.80. The Labute approximate surface area is 146 Å². The van der Waals surface area contributed by atoms with Gasteiger partial charge in [0.2, 0.25) is 0 Å². The molecule has 1 heterocycles. The number of phenolic OH excluding ortho intramolecular Hbond substituents is 1. The molecule has 5 heteroatoms. The molecule has 130 valence electrons. The molecule has 0 radical (unpaired) electrons. The van der Waals surface area contributed by atoms with E-state index in [0.29, 0.717) is 17.2 Å². The molecule has 1 aliphatic heterocycles. The van der Waals surface area contributed by atoms with Gasteiger partial charge in [-0.15, -0.1) is 0 Å². The maximum absolute atomic E-state index is 10.6. The molecular weight excluding hydrogens is 320 g/mol. The molecule has 0 saturated heterocycles. The molecule has 3 rings (SSSR count). The zero-order valence-corrected chi connectivity index (χ0v) is 14.4. The maximum atomic E-state index is 10.6. The van der Waals surface area contributed by atoms with Gasteiger partial charge in [0.25, 0.3) is 0 Å². The normalized spacial score (nSPS) is 18.7. The van der Waals surface area contributed by atoms with E-state index in [1.807, 2.05) is 18.2 Å². The van der Waals surface area contributed by atoms with Crippen molar-refractivity contribution in [2.45, 2.75) is 18.9 Å². The van der Waals surface area contributed by atoms with Crippen molar-refractivity contribution in [1.82, 2.24) is 0 Å². The average molecular weight is 340 g/mol. The number of hydrogen-bond donors (Lipinski definition) is 1. The van der Waals surface area contributed by atoms with Crippen molar-refractivity contribution in [2.24, 2.45) is 0 Å². The second kappa shape index (κ2) is 6.89. The largest absolute Gasteiger partial charge is 0.504 e. The molecule has 0 spiro atoms. The SMILES string of the molecule is COc1cc(C2Oc3c(OC)cc(/C=C/C=O)cc3C2C)ccc1O. The van der Waals surface area contributed by atoms with Crippen LogP contribution in [0.15, 0.2) is 36.4 Å². The summed E-state index contributed by atoms with van der Waals surface area (Å²) in [6.07, 6.45) is 3.71. The lowest BCUT2D eigenvalue weighted by Gasteiger charge is -2.17. The van der Waals surface area contributed by atoms with E-state index < -0.39 is 0 Å². The number of methoxy groups -OCH3 is 2. The zero-order valence-electron chi connectivity index (χ0n) is 14.4. The Balaban J connectivity index is 2.01. The molecule has 1 N–H and O–H groups in total. The first-order valence-electron chi connectivity index (χ1n) is 7.96. The molecular formula is C20H20O5. The quantitative estimate of drug-likeness (QED) is 0.661. The number of hydrogen-bond acceptors (Lipinski definition) is 5. The van der Waals surface area contributed by atoms with Crippen molar-refractivity contribution in [2.75, 3.05) is 14.2 Å². The third-order valence-corrected chi connectivity index (χ3v) is 4.41. The first-order chi connectivity index (χ1) is 12.1. The molecule has 0 amide bonds. The highest BCUT2D eigenvalue weighted by atomic mass is 16.5. The van der Waals surface area contributed by atoms with Gasteiger partial charge in [0.15, 0.2) is 23.0 Å². The van der Waals surface area contributed by atoms with Gasteiger partial charge in [-0.2, -0.15) is 0 Å². The fraction of sp³-hybridized carbons (Fsp3) is 0.250. The molecule has 0 aliphatic carbocycles. The molecule has 2 atom stereocenters. The number of aromatic hydroxyl groups is 1.